The van der Waals surface area contributed by atoms with Gasteiger partial charge >= 0.3 is 0 Å². The number of rotatable bonds is 3. The third-order valence-electron chi connectivity index (χ3n) is 3.50. The molecule has 3 rings (SSSR count). The molecule has 0 atom stereocenters. The van der Waals surface area contributed by atoms with Gasteiger partial charge in [0.15, 0.2) is 0 Å². The lowest BCUT2D eigenvalue weighted by Gasteiger charge is -2.13. The Labute approximate surface area is 135 Å². The Balaban J connectivity index is 1.88. The quantitative estimate of drug-likeness (QED) is 0.804. The molecule has 118 valence electrons. The second-order valence-electron chi connectivity index (χ2n) is 6.42. The van der Waals surface area contributed by atoms with Crippen LogP contribution >= 0.6 is 0 Å². The van der Waals surface area contributed by atoms with Crippen LogP contribution in [0.4, 0.5) is 11.8 Å². The number of nitrogens with zero attached hydrogens (tertiary/aromatic N) is 5. The number of pyridine rings is 1. The van der Waals surface area contributed by atoms with E-state index in [9.17, 15) is 0 Å². The molecule has 1 N–H and O–H groups in total. The summed E-state index contributed by atoms with van der Waals surface area (Å²) in [7, 11) is 1.91. The Morgan fingerprint density at radius 3 is 2.61 bits per heavy atom. The minimum atomic E-state index is -0.00387. The molecule has 0 aromatic carbocycles. The smallest absolute Gasteiger partial charge is 0.228 e. The van der Waals surface area contributed by atoms with Gasteiger partial charge in [-0.2, -0.15) is 5.10 Å². The summed E-state index contributed by atoms with van der Waals surface area (Å²) in [6, 6.07) is 7.76. The van der Waals surface area contributed by atoms with Crippen LogP contribution in [0.1, 0.15) is 26.5 Å². The summed E-state index contributed by atoms with van der Waals surface area (Å²) in [4.78, 5) is 13.0. The largest absolute Gasteiger partial charge is 0.309 e. The third kappa shape index (κ3) is 3.36. The molecule has 0 saturated heterocycles. The third-order valence-corrected chi connectivity index (χ3v) is 3.50. The number of hydrogen-bond donors (Lipinski definition) is 1. The molecule has 0 aliphatic rings. The van der Waals surface area contributed by atoms with Crippen LogP contribution in [0.2, 0.25) is 0 Å². The lowest BCUT2D eigenvalue weighted by atomic mass is 9.92. The van der Waals surface area contributed by atoms with Gasteiger partial charge in [-0.25, -0.2) is 9.97 Å². The molecule has 0 spiro atoms. The van der Waals surface area contributed by atoms with E-state index in [2.05, 4.69) is 46.1 Å². The van der Waals surface area contributed by atoms with Gasteiger partial charge in [-0.15, -0.1) is 0 Å². The van der Waals surface area contributed by atoms with Crippen LogP contribution in [0.15, 0.2) is 42.9 Å². The highest BCUT2D eigenvalue weighted by Gasteiger charge is 2.19. The molecule has 0 aliphatic carbocycles. The molecule has 3 aromatic rings. The Morgan fingerprint density at radius 1 is 1.13 bits per heavy atom. The van der Waals surface area contributed by atoms with Crippen molar-refractivity contribution in [3.05, 3.63) is 48.5 Å². The second-order valence-corrected chi connectivity index (χ2v) is 6.42. The first-order chi connectivity index (χ1) is 10.9. The van der Waals surface area contributed by atoms with Gasteiger partial charge in [-0.3, -0.25) is 9.67 Å². The average Bonchev–Trinajstić information content (AvgIpc) is 2.90. The predicted octanol–water partition coefficient (Wildman–Crippen LogP) is 3.31. The maximum Gasteiger partial charge on any atom is 0.228 e. The van der Waals surface area contributed by atoms with Gasteiger partial charge in [0.2, 0.25) is 5.95 Å². The molecular weight excluding hydrogens is 288 g/mol. The van der Waals surface area contributed by atoms with E-state index in [1.807, 2.05) is 31.3 Å². The number of aromatic nitrogens is 5. The van der Waals surface area contributed by atoms with Gasteiger partial charge in [0.25, 0.3) is 0 Å². The zero-order valence-corrected chi connectivity index (χ0v) is 13.8. The van der Waals surface area contributed by atoms with Crippen molar-refractivity contribution in [2.45, 2.75) is 26.2 Å². The fourth-order valence-corrected chi connectivity index (χ4v) is 2.16. The Morgan fingerprint density at radius 2 is 1.96 bits per heavy atom. The van der Waals surface area contributed by atoms with Crippen LogP contribution in [0.25, 0.3) is 11.3 Å². The lowest BCUT2D eigenvalue weighted by molar-refractivity contribution is 0.553. The van der Waals surface area contributed by atoms with Crippen molar-refractivity contribution in [3.8, 4) is 11.3 Å². The van der Waals surface area contributed by atoms with Crippen molar-refractivity contribution in [2.24, 2.45) is 7.05 Å². The van der Waals surface area contributed by atoms with Crippen molar-refractivity contribution in [2.75, 3.05) is 5.32 Å². The van der Waals surface area contributed by atoms with Crippen LogP contribution in [0, 0.1) is 0 Å². The molecule has 6 nitrogen and oxygen atoms in total. The SMILES string of the molecule is Cn1nc(C(C)(C)C)cc1Nc1nccc(-c2cccnc2)n1. The highest BCUT2D eigenvalue weighted by molar-refractivity contribution is 5.60. The number of aryl methyl sites for hydroxylation is 1. The van der Waals surface area contributed by atoms with Gasteiger partial charge < -0.3 is 5.32 Å². The van der Waals surface area contributed by atoms with Crippen LogP contribution < -0.4 is 5.32 Å². The summed E-state index contributed by atoms with van der Waals surface area (Å²) >= 11 is 0. The van der Waals surface area contributed by atoms with Gasteiger partial charge in [0, 0.05) is 42.7 Å². The molecule has 3 aromatic heterocycles. The van der Waals surface area contributed by atoms with E-state index in [-0.39, 0.29) is 5.41 Å². The molecule has 0 unspecified atom stereocenters. The van der Waals surface area contributed by atoms with E-state index in [0.29, 0.717) is 5.95 Å². The van der Waals surface area contributed by atoms with E-state index in [1.165, 1.54) is 0 Å². The van der Waals surface area contributed by atoms with E-state index < -0.39 is 0 Å². The van der Waals surface area contributed by atoms with Crippen LogP contribution in [-0.4, -0.2) is 24.7 Å². The summed E-state index contributed by atoms with van der Waals surface area (Å²) in [5, 5.41) is 7.78. The summed E-state index contributed by atoms with van der Waals surface area (Å²) in [5.74, 6) is 1.40. The van der Waals surface area contributed by atoms with Gasteiger partial charge in [-0.05, 0) is 18.2 Å². The molecular formula is C17H20N6. The minimum absolute atomic E-state index is 0.00387. The first-order valence-corrected chi connectivity index (χ1v) is 7.48. The Bertz CT molecular complexity index is 801. The lowest BCUT2D eigenvalue weighted by Crippen LogP contribution is -2.12. The normalized spacial score (nSPS) is 11.5. The monoisotopic (exact) mass is 308 g/mol. The number of hydrogen-bond acceptors (Lipinski definition) is 5. The summed E-state index contributed by atoms with van der Waals surface area (Å²) < 4.78 is 1.81. The fourth-order valence-electron chi connectivity index (χ4n) is 2.16. The molecule has 0 saturated carbocycles. The summed E-state index contributed by atoms with van der Waals surface area (Å²) in [6.07, 6.45) is 5.26. The number of anilines is 2. The standard InChI is InChI=1S/C17H20N6/c1-17(2,3)14-10-15(23(4)22-14)21-16-19-9-7-13(20-16)12-6-5-8-18-11-12/h5-11H,1-4H3,(H,19,20,21). The Kier molecular flexibility index (Phi) is 3.82. The first kappa shape index (κ1) is 15.1. The van der Waals surface area contributed by atoms with E-state index >= 15 is 0 Å². The maximum atomic E-state index is 4.55. The zero-order valence-electron chi connectivity index (χ0n) is 13.8. The molecule has 0 amide bonds. The molecule has 0 fully saturated rings. The van der Waals surface area contributed by atoms with Crippen molar-refractivity contribution in [1.82, 2.24) is 24.7 Å². The van der Waals surface area contributed by atoms with Crippen molar-refractivity contribution >= 4 is 11.8 Å². The topological polar surface area (TPSA) is 68.5 Å². The maximum absolute atomic E-state index is 4.55. The molecule has 3 heterocycles. The zero-order chi connectivity index (χ0) is 16.4. The number of nitrogens with one attached hydrogen (secondary N) is 1. The highest BCUT2D eigenvalue weighted by atomic mass is 15.3. The van der Waals surface area contributed by atoms with Gasteiger partial charge in [-0.1, -0.05) is 20.8 Å². The molecule has 0 radical (unpaired) electrons. The van der Waals surface area contributed by atoms with E-state index in [4.69, 9.17) is 0 Å². The van der Waals surface area contributed by atoms with Gasteiger partial charge in [0.05, 0.1) is 11.4 Å². The van der Waals surface area contributed by atoms with Gasteiger partial charge in [0.1, 0.15) is 5.82 Å². The fraction of sp³-hybridized carbons (Fsp3) is 0.294. The van der Waals surface area contributed by atoms with E-state index in [0.717, 1.165) is 22.8 Å². The predicted molar refractivity (Wildman–Crippen MR) is 90.5 cm³/mol. The first-order valence-electron chi connectivity index (χ1n) is 7.48. The van der Waals surface area contributed by atoms with Crippen LogP contribution in [0.3, 0.4) is 0 Å². The Hall–Kier alpha value is -2.76. The molecule has 0 aliphatic heterocycles. The minimum Gasteiger partial charge on any atom is -0.309 e. The van der Waals surface area contributed by atoms with Crippen molar-refractivity contribution in [3.63, 3.8) is 0 Å². The van der Waals surface area contributed by atoms with Crippen molar-refractivity contribution in [1.29, 1.82) is 0 Å². The summed E-state index contributed by atoms with van der Waals surface area (Å²) in [6.45, 7) is 6.41. The average molecular weight is 308 g/mol. The van der Waals surface area contributed by atoms with E-state index in [1.54, 1.807) is 23.3 Å². The molecule has 0 bridgehead atoms. The molecule has 23 heavy (non-hydrogen) atoms. The van der Waals surface area contributed by atoms with Crippen LogP contribution in [-0.2, 0) is 12.5 Å². The summed E-state index contributed by atoms with van der Waals surface area (Å²) in [5.41, 5.74) is 2.80. The highest BCUT2D eigenvalue weighted by Crippen LogP contribution is 2.25. The second kappa shape index (κ2) is 5.79. The molecule has 6 heteroatoms. The van der Waals surface area contributed by atoms with Crippen LogP contribution in [0.5, 0.6) is 0 Å². The van der Waals surface area contributed by atoms with Crippen molar-refractivity contribution < 1.29 is 0 Å².